The zero-order chi connectivity index (χ0) is 20.8. The lowest BCUT2D eigenvalue weighted by Crippen LogP contribution is -2.35. The van der Waals surface area contributed by atoms with Crippen LogP contribution in [-0.4, -0.2) is 38.2 Å². The Balaban J connectivity index is 1.68. The molecule has 6 heteroatoms. The number of hydrogen-bond acceptors (Lipinski definition) is 6. The van der Waals surface area contributed by atoms with Crippen LogP contribution in [0.2, 0.25) is 0 Å². The summed E-state index contributed by atoms with van der Waals surface area (Å²) in [6, 6.07) is 11.9. The summed E-state index contributed by atoms with van der Waals surface area (Å²) in [5, 5.41) is 3.68. The van der Waals surface area contributed by atoms with Gasteiger partial charge in [-0.05, 0) is 67.7 Å². The molecule has 3 aliphatic heterocycles. The van der Waals surface area contributed by atoms with E-state index in [0.29, 0.717) is 34.7 Å². The van der Waals surface area contributed by atoms with Crippen LogP contribution < -0.4 is 10.1 Å². The summed E-state index contributed by atoms with van der Waals surface area (Å²) in [7, 11) is 2.72. The van der Waals surface area contributed by atoms with E-state index in [2.05, 4.69) is 5.32 Å². The number of methoxy groups -OCH3 is 2. The first-order chi connectivity index (χ1) is 14.6. The molecule has 0 aliphatic carbocycles. The number of benzene rings is 2. The quantitative estimate of drug-likeness (QED) is 0.648. The van der Waals surface area contributed by atoms with E-state index in [-0.39, 0.29) is 0 Å². The molecule has 2 aromatic rings. The second-order valence-corrected chi connectivity index (χ2v) is 8.03. The lowest BCUT2D eigenvalue weighted by molar-refractivity contribution is 0.0592. The Kier molecular flexibility index (Phi) is 4.59. The number of rotatable bonds is 2. The van der Waals surface area contributed by atoms with E-state index in [1.165, 1.54) is 32.6 Å². The summed E-state index contributed by atoms with van der Waals surface area (Å²) in [6.45, 7) is 0. The van der Waals surface area contributed by atoms with E-state index in [1.807, 2.05) is 12.1 Å². The van der Waals surface area contributed by atoms with Crippen LogP contribution in [0, 0.1) is 0 Å². The van der Waals surface area contributed by atoms with Gasteiger partial charge in [-0.25, -0.2) is 9.59 Å². The number of fused-ring (bicyclic) bond motifs is 4. The van der Waals surface area contributed by atoms with E-state index in [0.717, 1.165) is 29.5 Å². The molecule has 0 spiro atoms. The van der Waals surface area contributed by atoms with E-state index in [9.17, 15) is 9.59 Å². The van der Waals surface area contributed by atoms with Gasteiger partial charge >= 0.3 is 11.9 Å². The van der Waals surface area contributed by atoms with E-state index >= 15 is 0 Å². The molecule has 1 N–H and O–H groups in total. The van der Waals surface area contributed by atoms with Gasteiger partial charge in [0.2, 0.25) is 0 Å². The van der Waals surface area contributed by atoms with Gasteiger partial charge in [-0.1, -0.05) is 5.57 Å². The van der Waals surface area contributed by atoms with Crippen molar-refractivity contribution in [3.63, 3.8) is 0 Å². The fourth-order valence-corrected chi connectivity index (χ4v) is 4.87. The Bertz CT molecular complexity index is 1010. The number of carbonyl (C=O) groups is 2. The molecular formula is C24H23NO5. The van der Waals surface area contributed by atoms with Crippen LogP contribution in [0.3, 0.4) is 0 Å². The highest BCUT2D eigenvalue weighted by Crippen LogP contribution is 2.48. The molecule has 2 atom stereocenters. The van der Waals surface area contributed by atoms with Gasteiger partial charge in [0, 0.05) is 23.2 Å². The summed E-state index contributed by atoms with van der Waals surface area (Å²) in [4.78, 5) is 24.1. The molecule has 6 nitrogen and oxygen atoms in total. The molecule has 0 amide bonds. The maximum absolute atomic E-state index is 12.0. The molecule has 3 aliphatic rings. The van der Waals surface area contributed by atoms with Crippen LogP contribution >= 0.6 is 0 Å². The second-order valence-electron chi connectivity index (χ2n) is 8.03. The highest BCUT2D eigenvalue weighted by molar-refractivity contribution is 5.96. The maximum atomic E-state index is 12.0. The molecule has 2 unspecified atom stereocenters. The van der Waals surface area contributed by atoms with Crippen LogP contribution in [-0.2, 0) is 9.47 Å². The van der Waals surface area contributed by atoms with Crippen molar-refractivity contribution in [2.75, 3.05) is 14.2 Å². The standard InChI is InChI=1S/C24H23NO5/c1-28-23(26)13-3-7-18-20(11-13)30-21-12-14(24(27)29-2)4-8-19(21)22(18)15-9-16-5-6-17(10-15)25-16/h3-4,7-8,11-12,16-17,25H,5-6,9-10H2,1-2H3. The van der Waals surface area contributed by atoms with Crippen molar-refractivity contribution in [3.05, 3.63) is 64.2 Å². The summed E-state index contributed by atoms with van der Waals surface area (Å²) < 4.78 is 15.9. The Morgan fingerprint density at radius 2 is 1.37 bits per heavy atom. The van der Waals surface area contributed by atoms with E-state index in [4.69, 9.17) is 14.2 Å². The molecule has 2 saturated heterocycles. The minimum atomic E-state index is -0.412. The first-order valence-electron chi connectivity index (χ1n) is 10.2. The van der Waals surface area contributed by atoms with Crippen LogP contribution in [0.15, 0.2) is 42.0 Å². The maximum Gasteiger partial charge on any atom is 0.337 e. The highest BCUT2D eigenvalue weighted by Gasteiger charge is 2.34. The monoisotopic (exact) mass is 405 g/mol. The third-order valence-electron chi connectivity index (χ3n) is 6.24. The van der Waals surface area contributed by atoms with Crippen molar-refractivity contribution >= 4 is 17.5 Å². The van der Waals surface area contributed by atoms with Crippen LogP contribution in [0.5, 0.6) is 11.5 Å². The molecule has 2 fully saturated rings. The summed E-state index contributed by atoms with van der Waals surface area (Å²) in [6.07, 6.45) is 4.37. The smallest absolute Gasteiger partial charge is 0.337 e. The fraction of sp³-hybridized carbons (Fsp3) is 0.333. The zero-order valence-electron chi connectivity index (χ0n) is 17.0. The molecule has 154 valence electrons. The van der Waals surface area contributed by atoms with Gasteiger partial charge in [0.25, 0.3) is 0 Å². The third-order valence-corrected chi connectivity index (χ3v) is 6.24. The minimum absolute atomic E-state index is 0.412. The predicted molar refractivity (Wildman–Crippen MR) is 111 cm³/mol. The average molecular weight is 405 g/mol. The van der Waals surface area contributed by atoms with Crippen LogP contribution in [0.4, 0.5) is 0 Å². The molecular weight excluding hydrogens is 382 g/mol. The highest BCUT2D eigenvalue weighted by atomic mass is 16.5. The Morgan fingerprint density at radius 3 is 1.83 bits per heavy atom. The summed E-state index contributed by atoms with van der Waals surface area (Å²) >= 11 is 0. The molecule has 30 heavy (non-hydrogen) atoms. The van der Waals surface area contributed by atoms with Gasteiger partial charge in [-0.2, -0.15) is 0 Å². The van der Waals surface area contributed by atoms with Crippen molar-refractivity contribution < 1.29 is 23.8 Å². The summed E-state index contributed by atoms with van der Waals surface area (Å²) in [5.41, 5.74) is 5.34. The number of carbonyl (C=O) groups excluding carboxylic acids is 2. The molecule has 3 heterocycles. The van der Waals surface area contributed by atoms with Gasteiger partial charge < -0.3 is 19.5 Å². The normalized spacial score (nSPS) is 21.4. The predicted octanol–water partition coefficient (Wildman–Crippen LogP) is 4.08. The largest absolute Gasteiger partial charge is 0.465 e. The first-order valence-corrected chi connectivity index (χ1v) is 10.2. The topological polar surface area (TPSA) is 73.9 Å². The number of ether oxygens (including phenoxy) is 3. The minimum Gasteiger partial charge on any atom is -0.465 e. The summed E-state index contributed by atoms with van der Waals surface area (Å²) in [5.74, 6) is 0.371. The van der Waals surface area contributed by atoms with Gasteiger partial charge in [0.1, 0.15) is 11.5 Å². The van der Waals surface area contributed by atoms with E-state index < -0.39 is 11.9 Å². The second kappa shape index (κ2) is 7.29. The molecule has 0 aromatic heterocycles. The van der Waals surface area contributed by atoms with Crippen molar-refractivity contribution in [2.24, 2.45) is 0 Å². The van der Waals surface area contributed by atoms with Gasteiger partial charge in [0.05, 0.1) is 25.3 Å². The molecule has 5 rings (SSSR count). The lowest BCUT2D eigenvalue weighted by Gasteiger charge is -2.30. The van der Waals surface area contributed by atoms with Gasteiger partial charge in [-0.3, -0.25) is 0 Å². The first kappa shape index (κ1) is 18.9. The van der Waals surface area contributed by atoms with Crippen molar-refractivity contribution in [2.45, 2.75) is 37.8 Å². The van der Waals surface area contributed by atoms with Crippen molar-refractivity contribution in [1.29, 1.82) is 0 Å². The SMILES string of the molecule is COC(=O)c1ccc2c(c1)Oc1cc(C(=O)OC)ccc1C2=C1CC2CCC(C1)N2. The average Bonchev–Trinajstić information content (AvgIpc) is 3.12. The van der Waals surface area contributed by atoms with E-state index in [1.54, 1.807) is 24.3 Å². The Hall–Kier alpha value is -3.12. The lowest BCUT2D eigenvalue weighted by atomic mass is 9.84. The number of nitrogens with one attached hydrogen (secondary N) is 1. The molecule has 0 saturated carbocycles. The van der Waals surface area contributed by atoms with Crippen molar-refractivity contribution in [1.82, 2.24) is 5.32 Å². The Labute approximate surface area is 174 Å². The number of esters is 2. The third kappa shape index (κ3) is 3.08. The van der Waals surface area contributed by atoms with Gasteiger partial charge in [0.15, 0.2) is 0 Å². The number of piperidine rings is 1. The molecule has 0 radical (unpaired) electrons. The fourth-order valence-electron chi connectivity index (χ4n) is 4.87. The molecule has 2 aromatic carbocycles. The number of hydrogen-bond donors (Lipinski definition) is 1. The van der Waals surface area contributed by atoms with Crippen LogP contribution in [0.25, 0.3) is 5.57 Å². The zero-order valence-corrected chi connectivity index (χ0v) is 17.0. The Morgan fingerprint density at radius 1 is 0.867 bits per heavy atom. The van der Waals surface area contributed by atoms with Crippen molar-refractivity contribution in [3.8, 4) is 11.5 Å². The van der Waals surface area contributed by atoms with Gasteiger partial charge in [-0.15, -0.1) is 0 Å². The van der Waals surface area contributed by atoms with Crippen LogP contribution in [0.1, 0.15) is 57.5 Å². The molecule has 2 bridgehead atoms.